The van der Waals surface area contributed by atoms with Gasteiger partial charge in [-0.3, -0.25) is 4.90 Å². The first-order valence-electron chi connectivity index (χ1n) is 6.83. The summed E-state index contributed by atoms with van der Waals surface area (Å²) in [4.78, 5) is 6.86. The molecule has 4 heteroatoms. The molecule has 0 amide bonds. The number of nitrogens with one attached hydrogen (secondary N) is 1. The zero-order chi connectivity index (χ0) is 11.9. The summed E-state index contributed by atoms with van der Waals surface area (Å²) in [5.74, 6) is 1.21. The third-order valence-electron chi connectivity index (χ3n) is 3.39. The van der Waals surface area contributed by atoms with Gasteiger partial charge in [0, 0.05) is 38.6 Å². The van der Waals surface area contributed by atoms with Crippen LogP contribution in [-0.4, -0.2) is 40.6 Å². The molecule has 0 unspecified atom stereocenters. The fourth-order valence-corrected chi connectivity index (χ4v) is 2.28. The molecule has 0 spiro atoms. The normalized spacial score (nSPS) is 16.1. The van der Waals surface area contributed by atoms with Gasteiger partial charge in [0.1, 0.15) is 5.82 Å². The molecule has 2 rings (SSSR count). The molecule has 1 aromatic heterocycles. The van der Waals surface area contributed by atoms with Gasteiger partial charge in [-0.2, -0.15) is 0 Å². The molecule has 1 aliphatic heterocycles. The maximum Gasteiger partial charge on any atom is 0.122 e. The topological polar surface area (TPSA) is 33.1 Å². The fraction of sp³-hybridized carbons (Fsp3) is 0.769. The van der Waals surface area contributed by atoms with Crippen LogP contribution in [0.25, 0.3) is 0 Å². The molecule has 0 saturated heterocycles. The number of rotatable bonds is 7. The number of fused-ring (bicyclic) bond motifs is 1. The van der Waals surface area contributed by atoms with Crippen molar-refractivity contribution >= 4 is 0 Å². The van der Waals surface area contributed by atoms with Crippen LogP contribution in [0, 0.1) is 0 Å². The minimum atomic E-state index is 1.00. The van der Waals surface area contributed by atoms with Gasteiger partial charge in [-0.25, -0.2) is 4.98 Å². The van der Waals surface area contributed by atoms with Crippen molar-refractivity contribution in [3.05, 3.63) is 18.2 Å². The van der Waals surface area contributed by atoms with Gasteiger partial charge in [-0.1, -0.05) is 19.8 Å². The van der Waals surface area contributed by atoms with Crippen molar-refractivity contribution in [2.24, 2.45) is 0 Å². The van der Waals surface area contributed by atoms with Gasteiger partial charge in [0.05, 0.1) is 6.54 Å². The van der Waals surface area contributed by atoms with Crippen LogP contribution in [0.2, 0.25) is 0 Å². The van der Waals surface area contributed by atoms with Gasteiger partial charge in [0.2, 0.25) is 0 Å². The molecule has 0 bridgehead atoms. The zero-order valence-corrected chi connectivity index (χ0v) is 10.9. The molecule has 2 heterocycles. The van der Waals surface area contributed by atoms with Crippen LogP contribution in [0.3, 0.4) is 0 Å². The van der Waals surface area contributed by atoms with Crippen molar-refractivity contribution in [3.8, 4) is 0 Å². The van der Waals surface area contributed by atoms with Crippen LogP contribution >= 0.6 is 0 Å². The maximum absolute atomic E-state index is 4.38. The molecule has 0 atom stereocenters. The van der Waals surface area contributed by atoms with Gasteiger partial charge in [0.25, 0.3) is 0 Å². The van der Waals surface area contributed by atoms with E-state index in [2.05, 4.69) is 32.9 Å². The van der Waals surface area contributed by atoms with E-state index < -0.39 is 0 Å². The van der Waals surface area contributed by atoms with E-state index in [1.54, 1.807) is 0 Å². The quantitative estimate of drug-likeness (QED) is 0.728. The standard InChI is InChI=1S/C13H24N4/c1-2-3-4-5-14-6-8-16-10-11-17-9-7-15-13(17)12-16/h7,9,14H,2-6,8,10-12H2,1H3. The van der Waals surface area contributed by atoms with Gasteiger partial charge < -0.3 is 9.88 Å². The highest BCUT2D eigenvalue weighted by molar-refractivity contribution is 4.95. The Hall–Kier alpha value is -0.870. The molecular formula is C13H24N4. The smallest absolute Gasteiger partial charge is 0.122 e. The number of imidazole rings is 1. The Kier molecular flexibility index (Phi) is 5.01. The highest BCUT2D eigenvalue weighted by Crippen LogP contribution is 2.08. The van der Waals surface area contributed by atoms with Crippen molar-refractivity contribution < 1.29 is 0 Å². The summed E-state index contributed by atoms with van der Waals surface area (Å²) in [5, 5.41) is 3.52. The van der Waals surface area contributed by atoms with Gasteiger partial charge >= 0.3 is 0 Å². The third kappa shape index (κ3) is 3.82. The van der Waals surface area contributed by atoms with Crippen LogP contribution in [0.4, 0.5) is 0 Å². The lowest BCUT2D eigenvalue weighted by Crippen LogP contribution is -2.38. The Balaban J connectivity index is 1.59. The van der Waals surface area contributed by atoms with E-state index in [1.807, 2.05) is 6.20 Å². The predicted molar refractivity (Wildman–Crippen MR) is 69.9 cm³/mol. The van der Waals surface area contributed by atoms with Crippen LogP contribution in [0.15, 0.2) is 12.4 Å². The number of aromatic nitrogens is 2. The van der Waals surface area contributed by atoms with E-state index in [0.29, 0.717) is 0 Å². The third-order valence-corrected chi connectivity index (χ3v) is 3.39. The highest BCUT2D eigenvalue weighted by atomic mass is 15.2. The maximum atomic E-state index is 4.38. The van der Waals surface area contributed by atoms with Crippen molar-refractivity contribution in [1.29, 1.82) is 0 Å². The Bertz CT molecular complexity index is 321. The molecular weight excluding hydrogens is 212 g/mol. The Morgan fingerprint density at radius 2 is 2.24 bits per heavy atom. The predicted octanol–water partition coefficient (Wildman–Crippen LogP) is 1.48. The lowest BCUT2D eigenvalue weighted by atomic mass is 10.2. The number of hydrogen-bond acceptors (Lipinski definition) is 3. The Labute approximate surface area is 104 Å². The van der Waals surface area contributed by atoms with Crippen LogP contribution < -0.4 is 5.32 Å². The minimum absolute atomic E-state index is 1.00. The van der Waals surface area contributed by atoms with Crippen molar-refractivity contribution in [2.45, 2.75) is 39.3 Å². The molecule has 0 aliphatic carbocycles. The largest absolute Gasteiger partial charge is 0.333 e. The Morgan fingerprint density at radius 3 is 3.12 bits per heavy atom. The average Bonchev–Trinajstić information content (AvgIpc) is 2.81. The van der Waals surface area contributed by atoms with Gasteiger partial charge in [-0.15, -0.1) is 0 Å². The van der Waals surface area contributed by atoms with E-state index in [4.69, 9.17) is 0 Å². The van der Waals surface area contributed by atoms with Crippen LogP contribution in [0.5, 0.6) is 0 Å². The second kappa shape index (κ2) is 6.77. The SMILES string of the molecule is CCCCCNCCN1CCn2ccnc2C1. The lowest BCUT2D eigenvalue weighted by molar-refractivity contribution is 0.217. The molecule has 96 valence electrons. The minimum Gasteiger partial charge on any atom is -0.333 e. The number of unbranched alkanes of at least 4 members (excludes halogenated alkanes) is 2. The van der Waals surface area contributed by atoms with Gasteiger partial charge in [-0.05, 0) is 13.0 Å². The first-order chi connectivity index (χ1) is 8.40. The summed E-state index contributed by atoms with van der Waals surface area (Å²) in [7, 11) is 0. The molecule has 1 aromatic rings. The molecule has 4 nitrogen and oxygen atoms in total. The summed E-state index contributed by atoms with van der Waals surface area (Å²) >= 11 is 0. The molecule has 0 fully saturated rings. The fourth-order valence-electron chi connectivity index (χ4n) is 2.28. The molecule has 0 radical (unpaired) electrons. The molecule has 1 aliphatic rings. The van der Waals surface area contributed by atoms with Crippen molar-refractivity contribution in [3.63, 3.8) is 0 Å². The lowest BCUT2D eigenvalue weighted by Gasteiger charge is -2.27. The average molecular weight is 236 g/mol. The van der Waals surface area contributed by atoms with E-state index >= 15 is 0 Å². The summed E-state index contributed by atoms with van der Waals surface area (Å²) in [6.45, 7) is 8.89. The summed E-state index contributed by atoms with van der Waals surface area (Å²) in [5.41, 5.74) is 0. The van der Waals surface area contributed by atoms with E-state index in [0.717, 1.165) is 39.3 Å². The summed E-state index contributed by atoms with van der Waals surface area (Å²) < 4.78 is 2.26. The van der Waals surface area contributed by atoms with Crippen LogP contribution in [0.1, 0.15) is 32.0 Å². The molecule has 0 aromatic carbocycles. The number of hydrogen-bond donors (Lipinski definition) is 1. The first kappa shape index (κ1) is 12.6. The highest BCUT2D eigenvalue weighted by Gasteiger charge is 2.15. The number of nitrogens with zero attached hydrogens (tertiary/aromatic N) is 3. The van der Waals surface area contributed by atoms with E-state index in [1.165, 1.54) is 25.1 Å². The van der Waals surface area contributed by atoms with Gasteiger partial charge in [0.15, 0.2) is 0 Å². The monoisotopic (exact) mass is 236 g/mol. The second-order valence-electron chi connectivity index (χ2n) is 4.77. The van der Waals surface area contributed by atoms with Crippen molar-refractivity contribution in [2.75, 3.05) is 26.2 Å². The molecule has 0 saturated carbocycles. The molecule has 1 N–H and O–H groups in total. The Morgan fingerprint density at radius 1 is 1.29 bits per heavy atom. The van der Waals surface area contributed by atoms with E-state index in [-0.39, 0.29) is 0 Å². The zero-order valence-electron chi connectivity index (χ0n) is 10.9. The first-order valence-corrected chi connectivity index (χ1v) is 6.83. The van der Waals surface area contributed by atoms with Crippen molar-refractivity contribution in [1.82, 2.24) is 19.8 Å². The second-order valence-corrected chi connectivity index (χ2v) is 4.77. The summed E-state index contributed by atoms with van der Waals surface area (Å²) in [6.07, 6.45) is 7.93. The van der Waals surface area contributed by atoms with Crippen LogP contribution in [-0.2, 0) is 13.1 Å². The molecule has 17 heavy (non-hydrogen) atoms. The summed E-state index contributed by atoms with van der Waals surface area (Å²) in [6, 6.07) is 0. The van der Waals surface area contributed by atoms with E-state index in [9.17, 15) is 0 Å².